The summed E-state index contributed by atoms with van der Waals surface area (Å²) in [6, 6.07) is 1.82. The van der Waals surface area contributed by atoms with Crippen molar-refractivity contribution in [2.45, 2.75) is 33.1 Å². The molecule has 0 radical (unpaired) electrons. The van der Waals surface area contributed by atoms with Crippen LogP contribution in [0.5, 0.6) is 0 Å². The van der Waals surface area contributed by atoms with Crippen molar-refractivity contribution in [3.63, 3.8) is 0 Å². The second-order valence-electron chi connectivity index (χ2n) is 3.04. The van der Waals surface area contributed by atoms with Gasteiger partial charge in [0.1, 0.15) is 11.0 Å². The van der Waals surface area contributed by atoms with E-state index >= 15 is 0 Å². The molecule has 12 heavy (non-hydrogen) atoms. The van der Waals surface area contributed by atoms with Crippen LogP contribution >= 0.6 is 11.6 Å². The third kappa shape index (κ3) is 2.18. The lowest BCUT2D eigenvalue weighted by molar-refractivity contribution is 0.787. The lowest BCUT2D eigenvalue weighted by Gasteiger charge is -2.05. The molecule has 0 fully saturated rings. The number of aryl methyl sites for hydroxylation is 1. The molecule has 0 bridgehead atoms. The van der Waals surface area contributed by atoms with Crippen LogP contribution in [0, 0.1) is 0 Å². The maximum Gasteiger partial charge on any atom is 0.133 e. The van der Waals surface area contributed by atoms with Gasteiger partial charge in [-0.05, 0) is 12.0 Å². The maximum absolute atomic E-state index is 5.82. The van der Waals surface area contributed by atoms with Crippen LogP contribution in [-0.4, -0.2) is 9.97 Å². The fraction of sp³-hybridized carbons (Fsp3) is 0.556. The van der Waals surface area contributed by atoms with Crippen LogP contribution in [0.4, 0.5) is 0 Å². The molecule has 0 saturated heterocycles. The largest absolute Gasteiger partial charge is 0.238 e. The van der Waals surface area contributed by atoms with Crippen molar-refractivity contribution in [3.05, 3.63) is 22.7 Å². The number of hydrogen-bond acceptors (Lipinski definition) is 2. The standard InChI is InChI=1S/C9H13ClN2/c1-4-9-11-7(6(2)3)5-8(10)12-9/h5-6H,4H2,1-3H3. The van der Waals surface area contributed by atoms with Gasteiger partial charge in [-0.1, -0.05) is 32.4 Å². The zero-order valence-corrected chi connectivity index (χ0v) is 8.39. The van der Waals surface area contributed by atoms with Crippen molar-refractivity contribution in [2.24, 2.45) is 0 Å². The first-order chi connectivity index (χ1) is 5.63. The van der Waals surface area contributed by atoms with Gasteiger partial charge in [-0.3, -0.25) is 0 Å². The second kappa shape index (κ2) is 3.85. The number of rotatable bonds is 2. The molecule has 0 aliphatic heterocycles. The van der Waals surface area contributed by atoms with Gasteiger partial charge in [0.15, 0.2) is 0 Å². The first kappa shape index (κ1) is 9.46. The molecule has 0 N–H and O–H groups in total. The minimum Gasteiger partial charge on any atom is -0.238 e. The van der Waals surface area contributed by atoms with Gasteiger partial charge >= 0.3 is 0 Å². The Hall–Kier alpha value is -0.630. The quantitative estimate of drug-likeness (QED) is 0.661. The van der Waals surface area contributed by atoms with Gasteiger partial charge in [0.25, 0.3) is 0 Å². The normalized spacial score (nSPS) is 10.8. The van der Waals surface area contributed by atoms with Crippen molar-refractivity contribution < 1.29 is 0 Å². The number of halogens is 1. The fourth-order valence-corrected chi connectivity index (χ4v) is 1.15. The van der Waals surface area contributed by atoms with Gasteiger partial charge in [0, 0.05) is 12.1 Å². The number of aromatic nitrogens is 2. The molecule has 3 heteroatoms. The van der Waals surface area contributed by atoms with Crippen LogP contribution < -0.4 is 0 Å². The zero-order valence-electron chi connectivity index (χ0n) is 7.63. The van der Waals surface area contributed by atoms with E-state index in [2.05, 4.69) is 23.8 Å². The van der Waals surface area contributed by atoms with Crippen molar-refractivity contribution in [1.29, 1.82) is 0 Å². The van der Waals surface area contributed by atoms with Crippen molar-refractivity contribution in [1.82, 2.24) is 9.97 Å². The average molecular weight is 185 g/mol. The molecular weight excluding hydrogens is 172 g/mol. The molecule has 0 aromatic carbocycles. The second-order valence-corrected chi connectivity index (χ2v) is 3.43. The predicted molar refractivity (Wildman–Crippen MR) is 50.5 cm³/mol. The van der Waals surface area contributed by atoms with Crippen LogP contribution in [0.2, 0.25) is 5.15 Å². The fourth-order valence-electron chi connectivity index (χ4n) is 0.938. The molecule has 0 aliphatic rings. The smallest absolute Gasteiger partial charge is 0.133 e. The summed E-state index contributed by atoms with van der Waals surface area (Å²) < 4.78 is 0. The lowest BCUT2D eigenvalue weighted by atomic mass is 10.1. The van der Waals surface area contributed by atoms with Crippen LogP contribution in [-0.2, 0) is 6.42 Å². The third-order valence-electron chi connectivity index (χ3n) is 1.67. The Morgan fingerprint density at radius 2 is 2.08 bits per heavy atom. The summed E-state index contributed by atoms with van der Waals surface area (Å²) >= 11 is 5.82. The van der Waals surface area contributed by atoms with E-state index < -0.39 is 0 Å². The highest BCUT2D eigenvalue weighted by Gasteiger charge is 2.04. The summed E-state index contributed by atoms with van der Waals surface area (Å²) in [7, 11) is 0. The molecule has 1 heterocycles. The molecule has 1 aromatic heterocycles. The van der Waals surface area contributed by atoms with E-state index in [1.54, 1.807) is 0 Å². The number of nitrogens with zero attached hydrogens (tertiary/aromatic N) is 2. The first-order valence-electron chi connectivity index (χ1n) is 4.16. The van der Waals surface area contributed by atoms with Crippen molar-refractivity contribution >= 4 is 11.6 Å². The van der Waals surface area contributed by atoms with Crippen LogP contribution in [0.1, 0.15) is 38.2 Å². The average Bonchev–Trinajstić information content (AvgIpc) is 2.03. The minimum atomic E-state index is 0.413. The van der Waals surface area contributed by atoms with Gasteiger partial charge in [-0.25, -0.2) is 9.97 Å². The van der Waals surface area contributed by atoms with Gasteiger partial charge in [0.2, 0.25) is 0 Å². The molecule has 0 unspecified atom stereocenters. The summed E-state index contributed by atoms with van der Waals surface area (Å²) in [6.45, 7) is 6.21. The van der Waals surface area contributed by atoms with Crippen LogP contribution in [0.15, 0.2) is 6.07 Å². The molecule has 0 saturated carbocycles. The SMILES string of the molecule is CCc1nc(Cl)cc(C(C)C)n1. The Labute approximate surface area is 78.0 Å². The topological polar surface area (TPSA) is 25.8 Å². The zero-order chi connectivity index (χ0) is 9.14. The Morgan fingerprint density at radius 3 is 2.58 bits per heavy atom. The summed E-state index contributed by atoms with van der Waals surface area (Å²) in [5.41, 5.74) is 1.02. The van der Waals surface area contributed by atoms with Gasteiger partial charge < -0.3 is 0 Å². The Morgan fingerprint density at radius 1 is 1.42 bits per heavy atom. The van der Waals surface area contributed by atoms with Crippen molar-refractivity contribution in [3.8, 4) is 0 Å². The molecule has 0 spiro atoms. The monoisotopic (exact) mass is 184 g/mol. The van der Waals surface area contributed by atoms with Crippen LogP contribution in [0.25, 0.3) is 0 Å². The van der Waals surface area contributed by atoms with E-state index in [1.807, 2.05) is 13.0 Å². The maximum atomic E-state index is 5.82. The van der Waals surface area contributed by atoms with E-state index in [0.29, 0.717) is 11.1 Å². The van der Waals surface area contributed by atoms with Crippen molar-refractivity contribution in [2.75, 3.05) is 0 Å². The number of hydrogen-bond donors (Lipinski definition) is 0. The predicted octanol–water partition coefficient (Wildman–Crippen LogP) is 2.82. The summed E-state index contributed by atoms with van der Waals surface area (Å²) in [6.07, 6.45) is 0.834. The molecule has 0 aliphatic carbocycles. The summed E-state index contributed by atoms with van der Waals surface area (Å²) in [5.74, 6) is 1.24. The van der Waals surface area contributed by atoms with E-state index in [0.717, 1.165) is 17.9 Å². The Balaban J connectivity index is 3.06. The van der Waals surface area contributed by atoms with E-state index in [-0.39, 0.29) is 0 Å². The first-order valence-corrected chi connectivity index (χ1v) is 4.54. The van der Waals surface area contributed by atoms with E-state index in [1.165, 1.54) is 0 Å². The molecule has 1 rings (SSSR count). The highest BCUT2D eigenvalue weighted by atomic mass is 35.5. The molecule has 1 aromatic rings. The molecule has 66 valence electrons. The van der Waals surface area contributed by atoms with Gasteiger partial charge in [-0.2, -0.15) is 0 Å². The van der Waals surface area contributed by atoms with Gasteiger partial charge in [-0.15, -0.1) is 0 Å². The van der Waals surface area contributed by atoms with E-state index in [4.69, 9.17) is 11.6 Å². The van der Waals surface area contributed by atoms with Gasteiger partial charge in [0.05, 0.1) is 0 Å². The third-order valence-corrected chi connectivity index (χ3v) is 1.86. The summed E-state index contributed by atoms with van der Waals surface area (Å²) in [5, 5.41) is 0.547. The lowest BCUT2D eigenvalue weighted by Crippen LogP contribution is -1.99. The Kier molecular flexibility index (Phi) is 3.04. The van der Waals surface area contributed by atoms with E-state index in [9.17, 15) is 0 Å². The highest BCUT2D eigenvalue weighted by Crippen LogP contribution is 2.15. The minimum absolute atomic E-state index is 0.413. The molecule has 2 nitrogen and oxygen atoms in total. The highest BCUT2D eigenvalue weighted by molar-refractivity contribution is 6.29. The molecule has 0 atom stereocenters. The Bertz CT molecular complexity index is 271. The summed E-state index contributed by atoms with van der Waals surface area (Å²) in [4.78, 5) is 8.45. The molecule has 0 amide bonds. The van der Waals surface area contributed by atoms with Crippen LogP contribution in [0.3, 0.4) is 0 Å². The molecular formula is C9H13ClN2.